The van der Waals surface area contributed by atoms with Crippen molar-refractivity contribution in [2.24, 2.45) is 0 Å². The van der Waals surface area contributed by atoms with Gasteiger partial charge in [-0.25, -0.2) is 4.98 Å². The summed E-state index contributed by atoms with van der Waals surface area (Å²) in [6, 6.07) is 5.17. The molecule has 2 rings (SSSR count). The summed E-state index contributed by atoms with van der Waals surface area (Å²) in [5, 5.41) is 1.01. The molecule has 6 heteroatoms. The Hall–Kier alpha value is -1.23. The highest BCUT2D eigenvalue weighted by atomic mass is 35.5. The Morgan fingerprint density at radius 3 is 2.74 bits per heavy atom. The second-order valence-electron chi connectivity index (χ2n) is 3.84. The molecule has 2 aromatic rings. The Kier molecular flexibility index (Phi) is 5.51. The van der Waals surface area contributed by atoms with Crippen molar-refractivity contribution >= 4 is 23.2 Å². The quantitative estimate of drug-likeness (QED) is 0.736. The van der Waals surface area contributed by atoms with Crippen molar-refractivity contribution < 1.29 is 9.47 Å². The van der Waals surface area contributed by atoms with E-state index in [1.165, 1.54) is 0 Å². The fraction of sp³-hybridized carbons (Fsp3) is 0.308. The normalized spacial score (nSPS) is 10.6. The Bertz CT molecular complexity index is 503. The molecule has 1 aromatic carbocycles. The zero-order valence-corrected chi connectivity index (χ0v) is 11.8. The van der Waals surface area contributed by atoms with Crippen LogP contribution in [-0.4, -0.2) is 29.4 Å². The summed E-state index contributed by atoms with van der Waals surface area (Å²) < 4.78 is 12.9. The summed E-state index contributed by atoms with van der Waals surface area (Å²) in [4.78, 5) is 3.95. The van der Waals surface area contributed by atoms with E-state index in [9.17, 15) is 0 Å². The monoisotopic (exact) mass is 300 g/mol. The van der Waals surface area contributed by atoms with Gasteiger partial charge in [-0.1, -0.05) is 23.2 Å². The van der Waals surface area contributed by atoms with Crippen LogP contribution in [0.4, 0.5) is 0 Å². The molecule has 4 nitrogen and oxygen atoms in total. The molecule has 0 fully saturated rings. The average Bonchev–Trinajstić information content (AvgIpc) is 2.91. The highest BCUT2D eigenvalue weighted by Gasteiger charge is 2.00. The first kappa shape index (κ1) is 14.2. The van der Waals surface area contributed by atoms with Gasteiger partial charge in [-0.15, -0.1) is 0 Å². The zero-order valence-electron chi connectivity index (χ0n) is 10.3. The van der Waals surface area contributed by atoms with Crippen LogP contribution in [0.25, 0.3) is 0 Å². The van der Waals surface area contributed by atoms with Crippen LogP contribution in [-0.2, 0) is 11.3 Å². The largest absolute Gasteiger partial charge is 0.491 e. The van der Waals surface area contributed by atoms with Gasteiger partial charge < -0.3 is 14.0 Å². The van der Waals surface area contributed by atoms with Gasteiger partial charge >= 0.3 is 0 Å². The Morgan fingerprint density at radius 1 is 1.11 bits per heavy atom. The van der Waals surface area contributed by atoms with Crippen LogP contribution < -0.4 is 4.74 Å². The van der Waals surface area contributed by atoms with Crippen molar-refractivity contribution in [3.63, 3.8) is 0 Å². The van der Waals surface area contributed by atoms with Gasteiger partial charge in [0.2, 0.25) is 0 Å². The van der Waals surface area contributed by atoms with Gasteiger partial charge in [-0.2, -0.15) is 0 Å². The van der Waals surface area contributed by atoms with E-state index in [1.54, 1.807) is 30.7 Å². The average molecular weight is 301 g/mol. The van der Waals surface area contributed by atoms with E-state index in [4.69, 9.17) is 32.7 Å². The summed E-state index contributed by atoms with van der Waals surface area (Å²) in [7, 11) is 0. The number of imidazole rings is 1. The molecule has 0 aliphatic carbocycles. The van der Waals surface area contributed by atoms with Crippen LogP contribution >= 0.6 is 23.2 Å². The lowest BCUT2D eigenvalue weighted by Gasteiger charge is -2.08. The Labute approximate surface area is 121 Å². The van der Waals surface area contributed by atoms with E-state index in [-0.39, 0.29) is 0 Å². The van der Waals surface area contributed by atoms with E-state index in [1.807, 2.05) is 10.8 Å². The molecule has 0 atom stereocenters. The molecule has 102 valence electrons. The molecule has 0 saturated carbocycles. The third-order valence-corrected chi connectivity index (χ3v) is 3.18. The Balaban J connectivity index is 1.60. The molecular weight excluding hydrogens is 287 g/mol. The molecule has 0 bridgehead atoms. The minimum Gasteiger partial charge on any atom is -0.491 e. The third kappa shape index (κ3) is 4.74. The van der Waals surface area contributed by atoms with Crippen molar-refractivity contribution in [1.29, 1.82) is 0 Å². The van der Waals surface area contributed by atoms with Gasteiger partial charge in [-0.3, -0.25) is 0 Å². The molecule has 0 unspecified atom stereocenters. The standard InChI is InChI=1S/C13H14Cl2N2O2/c14-12-2-1-11(9-13(12)15)19-8-7-18-6-5-17-4-3-16-10-17/h1-4,9-10H,5-8H2. The lowest BCUT2D eigenvalue weighted by molar-refractivity contribution is 0.0943. The minimum atomic E-state index is 0.474. The number of hydrogen-bond acceptors (Lipinski definition) is 3. The fourth-order valence-electron chi connectivity index (χ4n) is 1.48. The minimum absolute atomic E-state index is 0.474. The van der Waals surface area contributed by atoms with E-state index in [0.29, 0.717) is 35.6 Å². The van der Waals surface area contributed by atoms with Crippen LogP contribution in [0, 0.1) is 0 Å². The molecule has 1 heterocycles. The molecule has 0 spiro atoms. The topological polar surface area (TPSA) is 36.3 Å². The summed E-state index contributed by atoms with van der Waals surface area (Å²) >= 11 is 11.7. The highest BCUT2D eigenvalue weighted by molar-refractivity contribution is 6.42. The smallest absolute Gasteiger partial charge is 0.121 e. The van der Waals surface area contributed by atoms with Crippen molar-refractivity contribution in [2.45, 2.75) is 6.54 Å². The zero-order chi connectivity index (χ0) is 13.5. The molecule has 19 heavy (non-hydrogen) atoms. The van der Waals surface area contributed by atoms with Crippen LogP contribution in [0.5, 0.6) is 5.75 Å². The SMILES string of the molecule is Clc1ccc(OCCOCCn2ccnc2)cc1Cl. The summed E-state index contributed by atoms with van der Waals surface area (Å²) in [5.41, 5.74) is 0. The van der Waals surface area contributed by atoms with Crippen LogP contribution in [0.2, 0.25) is 10.0 Å². The van der Waals surface area contributed by atoms with Gasteiger partial charge in [-0.05, 0) is 12.1 Å². The maximum absolute atomic E-state index is 5.88. The van der Waals surface area contributed by atoms with Gasteiger partial charge in [0, 0.05) is 25.0 Å². The molecule has 0 aliphatic rings. The van der Waals surface area contributed by atoms with E-state index < -0.39 is 0 Å². The number of nitrogens with zero attached hydrogens (tertiary/aromatic N) is 2. The second-order valence-corrected chi connectivity index (χ2v) is 4.65. The number of rotatable bonds is 7. The lowest BCUT2D eigenvalue weighted by atomic mass is 10.3. The van der Waals surface area contributed by atoms with Crippen molar-refractivity contribution in [3.8, 4) is 5.75 Å². The number of hydrogen-bond donors (Lipinski definition) is 0. The number of aromatic nitrogens is 2. The van der Waals surface area contributed by atoms with Crippen LogP contribution in [0.15, 0.2) is 36.9 Å². The maximum atomic E-state index is 5.88. The maximum Gasteiger partial charge on any atom is 0.121 e. The van der Waals surface area contributed by atoms with Gasteiger partial charge in [0.15, 0.2) is 0 Å². The molecule has 1 aromatic heterocycles. The molecule has 0 amide bonds. The lowest BCUT2D eigenvalue weighted by Crippen LogP contribution is -2.10. The van der Waals surface area contributed by atoms with Gasteiger partial charge in [0.05, 0.1) is 29.6 Å². The van der Waals surface area contributed by atoms with E-state index in [2.05, 4.69) is 4.98 Å². The number of halogens is 2. The first-order valence-electron chi connectivity index (χ1n) is 5.87. The molecule has 0 N–H and O–H groups in total. The fourth-order valence-corrected chi connectivity index (χ4v) is 1.76. The molecule has 0 aliphatic heterocycles. The van der Waals surface area contributed by atoms with Gasteiger partial charge in [0.1, 0.15) is 12.4 Å². The van der Waals surface area contributed by atoms with Crippen molar-refractivity contribution in [1.82, 2.24) is 9.55 Å². The molecule has 0 saturated heterocycles. The number of benzene rings is 1. The molecule has 0 radical (unpaired) electrons. The Morgan fingerprint density at radius 2 is 2.00 bits per heavy atom. The molecular formula is C13H14Cl2N2O2. The predicted octanol–water partition coefficient (Wildman–Crippen LogP) is 3.29. The first-order valence-corrected chi connectivity index (χ1v) is 6.62. The summed E-state index contributed by atoms with van der Waals surface area (Å²) in [5.74, 6) is 0.688. The third-order valence-electron chi connectivity index (χ3n) is 2.44. The van der Waals surface area contributed by atoms with E-state index >= 15 is 0 Å². The summed E-state index contributed by atoms with van der Waals surface area (Å²) in [6.07, 6.45) is 5.40. The predicted molar refractivity (Wildman–Crippen MR) is 75.0 cm³/mol. The first-order chi connectivity index (χ1) is 9.25. The van der Waals surface area contributed by atoms with E-state index in [0.717, 1.165) is 6.54 Å². The van der Waals surface area contributed by atoms with Gasteiger partial charge in [0.25, 0.3) is 0 Å². The number of ether oxygens (including phenoxy) is 2. The van der Waals surface area contributed by atoms with Crippen molar-refractivity contribution in [3.05, 3.63) is 47.0 Å². The van der Waals surface area contributed by atoms with Crippen LogP contribution in [0.3, 0.4) is 0 Å². The van der Waals surface area contributed by atoms with Crippen LogP contribution in [0.1, 0.15) is 0 Å². The highest BCUT2D eigenvalue weighted by Crippen LogP contribution is 2.26. The second kappa shape index (κ2) is 7.38. The van der Waals surface area contributed by atoms with Crippen molar-refractivity contribution in [2.75, 3.05) is 19.8 Å². The summed E-state index contributed by atoms with van der Waals surface area (Å²) in [6.45, 7) is 2.41.